The van der Waals surface area contributed by atoms with E-state index >= 15 is 0 Å². The molecule has 2 N–H and O–H groups in total. The van der Waals surface area contributed by atoms with Gasteiger partial charge in [0.1, 0.15) is 5.75 Å². The van der Waals surface area contributed by atoms with E-state index in [1.807, 2.05) is 25.1 Å². The van der Waals surface area contributed by atoms with Crippen molar-refractivity contribution in [2.75, 3.05) is 18.9 Å². The predicted octanol–water partition coefficient (Wildman–Crippen LogP) is 3.05. The molecule has 1 unspecified atom stereocenters. The highest BCUT2D eigenvalue weighted by atomic mass is 32.2. The lowest BCUT2D eigenvalue weighted by Gasteiger charge is -2.09. The number of aromatic amines is 1. The van der Waals surface area contributed by atoms with Crippen LogP contribution in [0.25, 0.3) is 11.0 Å². The van der Waals surface area contributed by atoms with Crippen molar-refractivity contribution in [2.45, 2.75) is 32.0 Å². The molecule has 104 valence electrons. The molecule has 0 amide bonds. The van der Waals surface area contributed by atoms with Crippen LogP contribution in [-0.4, -0.2) is 34.9 Å². The zero-order valence-corrected chi connectivity index (χ0v) is 12.5. The number of H-pyrrole nitrogens is 1. The lowest BCUT2D eigenvalue weighted by atomic mass is 10.3. The van der Waals surface area contributed by atoms with Crippen molar-refractivity contribution >= 4 is 22.8 Å². The number of rotatable bonds is 7. The molecule has 1 heterocycles. The third-order valence-electron chi connectivity index (χ3n) is 2.77. The van der Waals surface area contributed by atoms with E-state index in [0.29, 0.717) is 12.6 Å². The first-order chi connectivity index (χ1) is 9.22. The van der Waals surface area contributed by atoms with E-state index in [-0.39, 0.29) is 0 Å². The van der Waals surface area contributed by atoms with Crippen molar-refractivity contribution in [1.82, 2.24) is 15.3 Å². The van der Waals surface area contributed by atoms with Crippen molar-refractivity contribution in [3.8, 4) is 5.75 Å². The molecule has 0 spiro atoms. The number of benzene rings is 1. The predicted molar refractivity (Wildman–Crippen MR) is 81.1 cm³/mol. The second-order valence-corrected chi connectivity index (χ2v) is 5.43. The van der Waals surface area contributed by atoms with Crippen molar-refractivity contribution in [3.63, 3.8) is 0 Å². The van der Waals surface area contributed by atoms with E-state index in [1.54, 1.807) is 11.8 Å². The van der Waals surface area contributed by atoms with Crippen LogP contribution in [0.4, 0.5) is 0 Å². The summed E-state index contributed by atoms with van der Waals surface area (Å²) < 4.78 is 5.49. The lowest BCUT2D eigenvalue weighted by Crippen LogP contribution is -2.27. The average molecular weight is 279 g/mol. The molecule has 1 aromatic carbocycles. The van der Waals surface area contributed by atoms with Crippen molar-refractivity contribution < 1.29 is 4.74 Å². The number of nitrogens with zero attached hydrogens (tertiary/aromatic N) is 1. The van der Waals surface area contributed by atoms with Gasteiger partial charge in [0.05, 0.1) is 17.6 Å². The van der Waals surface area contributed by atoms with Crippen LogP contribution >= 0.6 is 11.8 Å². The van der Waals surface area contributed by atoms with Crippen molar-refractivity contribution in [2.24, 2.45) is 0 Å². The molecule has 2 rings (SSSR count). The maximum Gasteiger partial charge on any atom is 0.166 e. The molecule has 0 saturated heterocycles. The fourth-order valence-corrected chi connectivity index (χ4v) is 2.77. The molecule has 0 aliphatic heterocycles. The van der Waals surface area contributed by atoms with Gasteiger partial charge in [0.15, 0.2) is 5.16 Å². The van der Waals surface area contributed by atoms with Crippen LogP contribution in [0.2, 0.25) is 0 Å². The summed E-state index contributed by atoms with van der Waals surface area (Å²) in [7, 11) is 0. The van der Waals surface area contributed by atoms with Gasteiger partial charge in [-0.25, -0.2) is 4.98 Å². The summed E-state index contributed by atoms with van der Waals surface area (Å²) in [6, 6.07) is 6.45. The Morgan fingerprint density at radius 1 is 1.42 bits per heavy atom. The molecule has 0 aliphatic rings. The van der Waals surface area contributed by atoms with Gasteiger partial charge in [-0.3, -0.25) is 0 Å². The highest BCUT2D eigenvalue weighted by Gasteiger charge is 2.07. The maximum absolute atomic E-state index is 5.49. The van der Waals surface area contributed by atoms with Gasteiger partial charge >= 0.3 is 0 Å². The molecule has 0 fully saturated rings. The van der Waals surface area contributed by atoms with Gasteiger partial charge in [-0.05, 0) is 32.5 Å². The number of aromatic nitrogens is 2. The Morgan fingerprint density at radius 2 is 2.26 bits per heavy atom. The van der Waals surface area contributed by atoms with Crippen LogP contribution < -0.4 is 10.1 Å². The number of hydrogen-bond acceptors (Lipinski definition) is 4. The molecule has 2 aromatic rings. The highest BCUT2D eigenvalue weighted by molar-refractivity contribution is 7.99. The first kappa shape index (κ1) is 14.2. The third-order valence-corrected chi connectivity index (χ3v) is 3.90. The van der Waals surface area contributed by atoms with Gasteiger partial charge in [0.25, 0.3) is 0 Å². The summed E-state index contributed by atoms with van der Waals surface area (Å²) in [5, 5.41) is 4.36. The van der Waals surface area contributed by atoms with E-state index in [2.05, 4.69) is 29.1 Å². The van der Waals surface area contributed by atoms with Gasteiger partial charge in [-0.1, -0.05) is 18.7 Å². The van der Waals surface area contributed by atoms with Gasteiger partial charge in [0, 0.05) is 17.9 Å². The lowest BCUT2D eigenvalue weighted by molar-refractivity contribution is 0.340. The molecule has 0 aliphatic carbocycles. The standard InChI is InChI=1S/C14H21N3OS/c1-4-15-10(3)9-19-14-16-12-7-6-11(18-5-2)8-13(12)17-14/h6-8,10,15H,4-5,9H2,1-3H3,(H,16,17). The Labute approximate surface area is 118 Å². The number of imidazole rings is 1. The van der Waals surface area contributed by atoms with Crippen LogP contribution in [0.5, 0.6) is 5.75 Å². The summed E-state index contributed by atoms with van der Waals surface area (Å²) in [5.41, 5.74) is 2.02. The van der Waals surface area contributed by atoms with E-state index < -0.39 is 0 Å². The monoisotopic (exact) mass is 279 g/mol. The van der Waals surface area contributed by atoms with E-state index in [4.69, 9.17) is 4.74 Å². The summed E-state index contributed by atoms with van der Waals surface area (Å²) in [4.78, 5) is 7.91. The van der Waals surface area contributed by atoms with Crippen molar-refractivity contribution in [1.29, 1.82) is 0 Å². The fourth-order valence-electron chi connectivity index (χ4n) is 1.90. The summed E-state index contributed by atoms with van der Waals surface area (Å²) in [6.45, 7) is 7.98. The number of hydrogen-bond donors (Lipinski definition) is 2. The Balaban J connectivity index is 2.04. The molecular formula is C14H21N3OS. The molecule has 1 aromatic heterocycles. The average Bonchev–Trinajstić information content (AvgIpc) is 2.79. The maximum atomic E-state index is 5.49. The third kappa shape index (κ3) is 3.88. The highest BCUT2D eigenvalue weighted by Crippen LogP contribution is 2.23. The minimum absolute atomic E-state index is 0.488. The number of fused-ring (bicyclic) bond motifs is 1. The molecule has 5 heteroatoms. The van der Waals surface area contributed by atoms with Gasteiger partial charge in [-0.2, -0.15) is 0 Å². The Morgan fingerprint density at radius 3 is 3.00 bits per heavy atom. The van der Waals surface area contributed by atoms with Crippen LogP contribution in [0.15, 0.2) is 23.4 Å². The molecule has 19 heavy (non-hydrogen) atoms. The largest absolute Gasteiger partial charge is 0.494 e. The normalized spacial score (nSPS) is 12.8. The van der Waals surface area contributed by atoms with Crippen LogP contribution in [-0.2, 0) is 0 Å². The number of nitrogens with one attached hydrogen (secondary N) is 2. The van der Waals surface area contributed by atoms with Gasteiger partial charge < -0.3 is 15.0 Å². The van der Waals surface area contributed by atoms with E-state index in [1.165, 1.54) is 0 Å². The van der Waals surface area contributed by atoms with E-state index in [9.17, 15) is 0 Å². The molecular weight excluding hydrogens is 258 g/mol. The summed E-state index contributed by atoms with van der Waals surface area (Å²) >= 11 is 1.74. The summed E-state index contributed by atoms with van der Waals surface area (Å²) in [5.74, 6) is 1.89. The van der Waals surface area contributed by atoms with Gasteiger partial charge in [-0.15, -0.1) is 0 Å². The molecule has 0 bridgehead atoms. The first-order valence-corrected chi connectivity index (χ1v) is 7.70. The smallest absolute Gasteiger partial charge is 0.166 e. The quantitative estimate of drug-likeness (QED) is 0.765. The van der Waals surface area contributed by atoms with Crippen LogP contribution in [0, 0.1) is 0 Å². The first-order valence-electron chi connectivity index (χ1n) is 6.71. The molecule has 0 saturated carbocycles. The second-order valence-electron chi connectivity index (χ2n) is 4.42. The molecule has 1 atom stereocenters. The molecule has 0 radical (unpaired) electrons. The minimum atomic E-state index is 0.488. The number of ether oxygens (including phenoxy) is 1. The summed E-state index contributed by atoms with van der Waals surface area (Å²) in [6.07, 6.45) is 0. The Kier molecular flexibility index (Phi) is 5.10. The zero-order chi connectivity index (χ0) is 13.7. The zero-order valence-electron chi connectivity index (χ0n) is 11.7. The fraction of sp³-hybridized carbons (Fsp3) is 0.500. The van der Waals surface area contributed by atoms with Gasteiger partial charge in [0.2, 0.25) is 0 Å². The minimum Gasteiger partial charge on any atom is -0.494 e. The Hall–Kier alpha value is -1.20. The van der Waals surface area contributed by atoms with E-state index in [0.717, 1.165) is 34.2 Å². The van der Waals surface area contributed by atoms with Crippen LogP contribution in [0.3, 0.4) is 0 Å². The topological polar surface area (TPSA) is 49.9 Å². The second kappa shape index (κ2) is 6.82. The molecule has 4 nitrogen and oxygen atoms in total. The van der Waals surface area contributed by atoms with Crippen molar-refractivity contribution in [3.05, 3.63) is 18.2 Å². The van der Waals surface area contributed by atoms with Crippen LogP contribution in [0.1, 0.15) is 20.8 Å². The number of thioether (sulfide) groups is 1. The SMILES string of the molecule is CCNC(C)CSc1nc2ccc(OCC)cc2[nH]1. The Bertz CT molecular complexity index is 526.